The first-order chi connectivity index (χ1) is 13.4. The quantitative estimate of drug-likeness (QED) is 0.362. The molecule has 1 aliphatic carbocycles. The number of nitrogen functional groups attached to an aromatic ring is 1. The molecule has 8 nitrogen and oxygen atoms in total. The summed E-state index contributed by atoms with van der Waals surface area (Å²) in [7, 11) is 1.36. The van der Waals surface area contributed by atoms with Crippen molar-refractivity contribution in [1.82, 2.24) is 10.6 Å². The third-order valence-electron chi connectivity index (χ3n) is 4.24. The largest absolute Gasteiger partial charge is 0.496 e. The molecule has 2 rings (SSSR count). The van der Waals surface area contributed by atoms with E-state index >= 15 is 0 Å². The van der Waals surface area contributed by atoms with Gasteiger partial charge < -0.3 is 20.5 Å². The molecule has 1 aromatic carbocycles. The molecule has 9 heteroatoms. The number of methoxy groups -OCH3 is 1. The number of carbonyl (C=O) groups excluding carboxylic acids is 3. The van der Waals surface area contributed by atoms with Gasteiger partial charge in [-0.3, -0.25) is 10.1 Å². The van der Waals surface area contributed by atoms with Gasteiger partial charge in [0.25, 0.3) is 5.91 Å². The molecule has 4 N–H and O–H groups in total. The molecule has 0 saturated carbocycles. The summed E-state index contributed by atoms with van der Waals surface area (Å²) in [5.41, 5.74) is 7.25. The number of esters is 1. The number of ether oxygens (including phenoxy) is 2. The van der Waals surface area contributed by atoms with Crippen LogP contribution in [-0.2, 0) is 9.53 Å². The average Bonchev–Trinajstić information content (AvgIpc) is 2.68. The molecule has 28 heavy (non-hydrogen) atoms. The van der Waals surface area contributed by atoms with Crippen LogP contribution in [0, 0.1) is 0 Å². The summed E-state index contributed by atoms with van der Waals surface area (Å²) in [5.74, 6) is -1.40. The van der Waals surface area contributed by atoms with Crippen LogP contribution < -0.4 is 21.1 Å². The molecule has 0 heterocycles. The molecule has 0 saturated heterocycles. The lowest BCUT2D eigenvalue weighted by molar-refractivity contribution is -0.123. The Morgan fingerprint density at radius 2 is 2.04 bits per heavy atom. The monoisotopic (exact) mass is 409 g/mol. The number of allylic oxidation sites excluding steroid dienone is 1. The zero-order valence-corrected chi connectivity index (χ0v) is 16.4. The van der Waals surface area contributed by atoms with Crippen molar-refractivity contribution in [2.45, 2.75) is 32.1 Å². The van der Waals surface area contributed by atoms with Crippen molar-refractivity contribution in [3.05, 3.63) is 34.4 Å². The molecule has 152 valence electrons. The van der Waals surface area contributed by atoms with Crippen molar-refractivity contribution < 1.29 is 23.9 Å². The molecule has 0 radical (unpaired) electrons. The zero-order chi connectivity index (χ0) is 20.5. The standard InChI is InChI=1S/C19H24ClN3O5/c1-27-16-10-15(21)14(20)9-13(16)18(25)28-11-17(24)23-19(26)22-8-7-12-5-3-2-4-6-12/h5,9-10H,2-4,6-8,11,21H2,1H3,(H2,22,23,24,26). The van der Waals surface area contributed by atoms with Gasteiger partial charge in [0.2, 0.25) is 0 Å². The smallest absolute Gasteiger partial charge is 0.342 e. The first-order valence-corrected chi connectivity index (χ1v) is 9.34. The molecule has 3 amide bonds. The number of nitrogens with two attached hydrogens (primary N) is 1. The van der Waals surface area contributed by atoms with E-state index in [0.29, 0.717) is 6.54 Å². The SMILES string of the molecule is COc1cc(N)c(Cl)cc1C(=O)OCC(=O)NC(=O)NCCC1=CCCCC1. The Morgan fingerprint density at radius 3 is 2.71 bits per heavy atom. The van der Waals surface area contributed by atoms with Crippen LogP contribution in [0.25, 0.3) is 0 Å². The molecular weight excluding hydrogens is 386 g/mol. The van der Waals surface area contributed by atoms with Gasteiger partial charge in [-0.15, -0.1) is 0 Å². The number of nitrogens with one attached hydrogen (secondary N) is 2. The molecule has 0 aliphatic heterocycles. The van der Waals surface area contributed by atoms with E-state index in [-0.39, 0.29) is 22.0 Å². The van der Waals surface area contributed by atoms with E-state index in [4.69, 9.17) is 26.8 Å². The first kappa shape index (κ1) is 21.6. The highest BCUT2D eigenvalue weighted by molar-refractivity contribution is 6.33. The number of hydrogen-bond acceptors (Lipinski definition) is 6. The van der Waals surface area contributed by atoms with Gasteiger partial charge in [0, 0.05) is 12.6 Å². The normalized spacial score (nSPS) is 13.3. The Balaban J connectivity index is 1.75. The van der Waals surface area contributed by atoms with E-state index < -0.39 is 24.5 Å². The van der Waals surface area contributed by atoms with Crippen LogP contribution in [0.4, 0.5) is 10.5 Å². The van der Waals surface area contributed by atoms with Crippen LogP contribution in [0.5, 0.6) is 5.75 Å². The number of anilines is 1. The van der Waals surface area contributed by atoms with Gasteiger partial charge in [-0.1, -0.05) is 23.3 Å². The van der Waals surface area contributed by atoms with Crippen LogP contribution in [0.2, 0.25) is 5.02 Å². The van der Waals surface area contributed by atoms with Gasteiger partial charge in [0.15, 0.2) is 6.61 Å². The van der Waals surface area contributed by atoms with E-state index in [9.17, 15) is 14.4 Å². The van der Waals surface area contributed by atoms with Crippen molar-refractivity contribution in [2.75, 3.05) is 26.0 Å². The van der Waals surface area contributed by atoms with Crippen molar-refractivity contribution >= 4 is 35.2 Å². The topological polar surface area (TPSA) is 120 Å². The van der Waals surface area contributed by atoms with Crippen molar-refractivity contribution in [3.8, 4) is 5.75 Å². The van der Waals surface area contributed by atoms with Crippen LogP contribution in [-0.4, -0.2) is 38.2 Å². The van der Waals surface area contributed by atoms with Crippen molar-refractivity contribution in [1.29, 1.82) is 0 Å². The number of hydrogen-bond donors (Lipinski definition) is 3. The van der Waals surface area contributed by atoms with E-state index in [2.05, 4.69) is 16.7 Å². The minimum absolute atomic E-state index is 0.0275. The van der Waals surface area contributed by atoms with Gasteiger partial charge in [-0.25, -0.2) is 9.59 Å². The third-order valence-corrected chi connectivity index (χ3v) is 4.57. The van der Waals surface area contributed by atoms with E-state index in [0.717, 1.165) is 19.3 Å². The molecule has 1 aromatic rings. The Morgan fingerprint density at radius 1 is 1.25 bits per heavy atom. The highest BCUT2D eigenvalue weighted by Crippen LogP contribution is 2.29. The minimum atomic E-state index is -0.821. The van der Waals surface area contributed by atoms with Crippen LogP contribution in [0.1, 0.15) is 42.5 Å². The number of urea groups is 1. The molecule has 0 unspecified atom stereocenters. The van der Waals surface area contributed by atoms with Crippen LogP contribution >= 0.6 is 11.6 Å². The molecule has 0 spiro atoms. The minimum Gasteiger partial charge on any atom is -0.496 e. The molecule has 0 atom stereocenters. The number of benzene rings is 1. The number of carbonyl (C=O) groups is 3. The Kier molecular flexibility index (Phi) is 8.13. The fourth-order valence-corrected chi connectivity index (χ4v) is 2.95. The van der Waals surface area contributed by atoms with Gasteiger partial charge >= 0.3 is 12.0 Å². The summed E-state index contributed by atoms with van der Waals surface area (Å²) in [6.07, 6.45) is 7.47. The van der Waals surface area contributed by atoms with Crippen molar-refractivity contribution in [2.24, 2.45) is 0 Å². The maximum Gasteiger partial charge on any atom is 0.342 e. The molecule has 0 bridgehead atoms. The summed E-state index contributed by atoms with van der Waals surface area (Å²) in [4.78, 5) is 35.7. The number of amides is 3. The average molecular weight is 410 g/mol. The van der Waals surface area contributed by atoms with Gasteiger partial charge in [0.1, 0.15) is 11.3 Å². The molecule has 0 fully saturated rings. The lowest BCUT2D eigenvalue weighted by atomic mass is 9.97. The molecule has 1 aliphatic rings. The predicted octanol–water partition coefficient (Wildman–Crippen LogP) is 2.80. The zero-order valence-electron chi connectivity index (χ0n) is 15.7. The van der Waals surface area contributed by atoms with Crippen LogP contribution in [0.3, 0.4) is 0 Å². The second kappa shape index (κ2) is 10.6. The summed E-state index contributed by atoms with van der Waals surface area (Å²) in [5, 5.41) is 4.88. The third kappa shape index (κ3) is 6.45. The Bertz CT molecular complexity index is 779. The molecule has 0 aromatic heterocycles. The Hall–Kier alpha value is -2.74. The van der Waals surface area contributed by atoms with E-state index in [1.165, 1.54) is 37.7 Å². The predicted molar refractivity (Wildman–Crippen MR) is 105 cm³/mol. The highest BCUT2D eigenvalue weighted by Gasteiger charge is 2.18. The maximum atomic E-state index is 12.1. The first-order valence-electron chi connectivity index (χ1n) is 8.96. The maximum absolute atomic E-state index is 12.1. The fraction of sp³-hybridized carbons (Fsp3) is 0.421. The summed E-state index contributed by atoms with van der Waals surface area (Å²) in [6, 6.07) is 2.04. The Labute approximate surface area is 168 Å². The second-order valence-corrected chi connectivity index (χ2v) is 6.72. The lowest BCUT2D eigenvalue weighted by Crippen LogP contribution is -2.41. The fourth-order valence-electron chi connectivity index (χ4n) is 2.78. The number of imide groups is 1. The van der Waals surface area contributed by atoms with Crippen LogP contribution in [0.15, 0.2) is 23.8 Å². The second-order valence-electron chi connectivity index (χ2n) is 6.31. The van der Waals surface area contributed by atoms with E-state index in [1.54, 1.807) is 0 Å². The van der Waals surface area contributed by atoms with Gasteiger partial charge in [0.05, 0.1) is 17.8 Å². The van der Waals surface area contributed by atoms with E-state index in [1.807, 2.05) is 0 Å². The summed E-state index contributed by atoms with van der Waals surface area (Å²) >= 11 is 5.90. The lowest BCUT2D eigenvalue weighted by Gasteiger charge is -2.13. The number of rotatable bonds is 7. The number of halogens is 1. The molecular formula is C19H24ClN3O5. The van der Waals surface area contributed by atoms with Crippen molar-refractivity contribution in [3.63, 3.8) is 0 Å². The van der Waals surface area contributed by atoms with Gasteiger partial charge in [-0.05, 0) is 38.2 Å². The highest BCUT2D eigenvalue weighted by atomic mass is 35.5. The van der Waals surface area contributed by atoms with Gasteiger partial charge in [-0.2, -0.15) is 0 Å². The summed E-state index contributed by atoms with van der Waals surface area (Å²) in [6.45, 7) is -0.186. The summed E-state index contributed by atoms with van der Waals surface area (Å²) < 4.78 is 9.97.